The van der Waals surface area contributed by atoms with Crippen molar-refractivity contribution < 1.29 is 23.9 Å². The van der Waals surface area contributed by atoms with Crippen LogP contribution in [-0.4, -0.2) is 37.2 Å². The van der Waals surface area contributed by atoms with Gasteiger partial charge in [0.1, 0.15) is 12.6 Å². The Morgan fingerprint density at radius 1 is 0.897 bits per heavy atom. The molecule has 2 rings (SSSR count). The first kappa shape index (κ1) is 21.9. The summed E-state index contributed by atoms with van der Waals surface area (Å²) in [6, 6.07) is 17.5. The van der Waals surface area contributed by atoms with Crippen molar-refractivity contribution in [1.82, 2.24) is 10.6 Å². The quantitative estimate of drug-likeness (QED) is 0.600. The third-order valence-electron chi connectivity index (χ3n) is 3.99. The molecular weight excluding hydrogens is 372 g/mol. The van der Waals surface area contributed by atoms with Crippen molar-refractivity contribution in [1.29, 1.82) is 0 Å². The summed E-state index contributed by atoms with van der Waals surface area (Å²) in [5.41, 5.74) is 1.67. The van der Waals surface area contributed by atoms with Crippen LogP contribution in [0.1, 0.15) is 24.5 Å². The Balaban J connectivity index is 1.93. The van der Waals surface area contributed by atoms with E-state index in [9.17, 15) is 14.4 Å². The minimum Gasteiger partial charge on any atom is -0.454 e. The zero-order chi connectivity index (χ0) is 20.9. The molecule has 0 radical (unpaired) electrons. The van der Waals surface area contributed by atoms with Crippen molar-refractivity contribution in [3.8, 4) is 0 Å². The van der Waals surface area contributed by atoms with Crippen LogP contribution >= 0.6 is 0 Å². The number of carbonyl (C=O) groups excluding carboxylic acids is 3. The lowest BCUT2D eigenvalue weighted by Gasteiger charge is -2.18. The van der Waals surface area contributed by atoms with E-state index in [1.165, 1.54) is 0 Å². The zero-order valence-corrected chi connectivity index (χ0v) is 16.4. The second-order valence-corrected chi connectivity index (χ2v) is 6.41. The average molecular weight is 398 g/mol. The number of rotatable bonds is 10. The molecule has 0 saturated carbocycles. The van der Waals surface area contributed by atoms with E-state index in [2.05, 4.69) is 10.6 Å². The van der Waals surface area contributed by atoms with Crippen molar-refractivity contribution >= 4 is 18.0 Å². The SMILES string of the molecule is CCCNC(=O)COC(=O)[C@H](Cc1ccccc1)NC(=O)OCc1ccccc1. The highest BCUT2D eigenvalue weighted by atomic mass is 16.6. The van der Waals surface area contributed by atoms with Gasteiger partial charge in [0.15, 0.2) is 6.61 Å². The van der Waals surface area contributed by atoms with E-state index in [1.807, 2.05) is 67.6 Å². The molecule has 0 aliphatic carbocycles. The molecule has 2 aromatic rings. The van der Waals surface area contributed by atoms with Crippen LogP contribution in [0.3, 0.4) is 0 Å². The van der Waals surface area contributed by atoms with Crippen molar-refractivity contribution in [3.05, 3.63) is 71.8 Å². The summed E-state index contributed by atoms with van der Waals surface area (Å²) in [6.07, 6.45) is 0.268. The van der Waals surface area contributed by atoms with Crippen LogP contribution in [0, 0.1) is 0 Å². The first-order chi connectivity index (χ1) is 14.1. The number of benzene rings is 2. The van der Waals surface area contributed by atoms with Crippen LogP contribution in [0.2, 0.25) is 0 Å². The monoisotopic (exact) mass is 398 g/mol. The molecule has 7 nitrogen and oxygen atoms in total. The van der Waals surface area contributed by atoms with E-state index in [0.29, 0.717) is 6.54 Å². The molecule has 0 unspecified atom stereocenters. The molecule has 1 atom stereocenters. The smallest absolute Gasteiger partial charge is 0.408 e. The van der Waals surface area contributed by atoms with Gasteiger partial charge in [-0.3, -0.25) is 4.79 Å². The molecule has 0 aliphatic rings. The molecule has 29 heavy (non-hydrogen) atoms. The molecular formula is C22H26N2O5. The summed E-state index contributed by atoms with van der Waals surface area (Å²) in [5.74, 6) is -1.08. The lowest BCUT2D eigenvalue weighted by molar-refractivity contribution is -0.150. The molecule has 0 aromatic heterocycles. The number of alkyl carbamates (subject to hydrolysis) is 1. The molecule has 0 bridgehead atoms. The fourth-order valence-electron chi connectivity index (χ4n) is 2.50. The van der Waals surface area contributed by atoms with Crippen molar-refractivity contribution in [2.45, 2.75) is 32.4 Å². The Hall–Kier alpha value is -3.35. The minimum absolute atomic E-state index is 0.0825. The number of ether oxygens (including phenoxy) is 2. The molecule has 0 fully saturated rings. The Labute approximate surface area is 170 Å². The van der Waals surface area contributed by atoms with E-state index >= 15 is 0 Å². The lowest BCUT2D eigenvalue weighted by atomic mass is 10.1. The fourth-order valence-corrected chi connectivity index (χ4v) is 2.50. The predicted octanol–water partition coefficient (Wildman–Crippen LogP) is 2.59. The summed E-state index contributed by atoms with van der Waals surface area (Å²) in [7, 11) is 0. The molecule has 0 heterocycles. The molecule has 2 amide bonds. The van der Waals surface area contributed by atoms with Gasteiger partial charge >= 0.3 is 12.1 Å². The van der Waals surface area contributed by atoms with Gasteiger partial charge in [0.05, 0.1) is 0 Å². The van der Waals surface area contributed by atoms with E-state index in [4.69, 9.17) is 9.47 Å². The van der Waals surface area contributed by atoms with Gasteiger partial charge in [0.25, 0.3) is 5.91 Å². The molecule has 2 aromatic carbocycles. The largest absolute Gasteiger partial charge is 0.454 e. The highest BCUT2D eigenvalue weighted by molar-refractivity contribution is 5.85. The Morgan fingerprint density at radius 2 is 1.52 bits per heavy atom. The van der Waals surface area contributed by atoms with E-state index in [1.54, 1.807) is 0 Å². The lowest BCUT2D eigenvalue weighted by Crippen LogP contribution is -2.44. The molecule has 7 heteroatoms. The third kappa shape index (κ3) is 8.47. The fraction of sp³-hybridized carbons (Fsp3) is 0.318. The van der Waals surface area contributed by atoms with Crippen LogP contribution in [-0.2, 0) is 32.1 Å². The minimum atomic E-state index is -0.973. The average Bonchev–Trinajstić information content (AvgIpc) is 2.75. The molecule has 2 N–H and O–H groups in total. The molecule has 154 valence electrons. The molecule has 0 saturated heterocycles. The van der Waals surface area contributed by atoms with Crippen LogP contribution in [0.25, 0.3) is 0 Å². The van der Waals surface area contributed by atoms with Gasteiger partial charge in [-0.2, -0.15) is 0 Å². The number of amides is 2. The van der Waals surface area contributed by atoms with E-state index < -0.39 is 24.7 Å². The third-order valence-corrected chi connectivity index (χ3v) is 3.99. The van der Waals surface area contributed by atoms with Gasteiger partial charge in [0.2, 0.25) is 0 Å². The normalized spacial score (nSPS) is 11.2. The standard InChI is InChI=1S/C22H26N2O5/c1-2-13-23-20(25)16-28-21(26)19(14-17-9-5-3-6-10-17)24-22(27)29-15-18-11-7-4-8-12-18/h3-12,19H,2,13-16H2,1H3,(H,23,25)(H,24,27)/t19-/m0/s1. The number of hydrogen-bond acceptors (Lipinski definition) is 5. The van der Waals surface area contributed by atoms with Crippen LogP contribution in [0.5, 0.6) is 0 Å². The Bertz CT molecular complexity index is 780. The molecule has 0 aliphatic heterocycles. The summed E-state index contributed by atoms with van der Waals surface area (Å²) in [4.78, 5) is 36.3. The summed E-state index contributed by atoms with van der Waals surface area (Å²) < 4.78 is 10.3. The number of esters is 1. The Kier molecular flexibility index (Phi) is 9.21. The summed E-state index contributed by atoms with van der Waals surface area (Å²) in [5, 5.41) is 5.16. The van der Waals surface area contributed by atoms with Crippen molar-refractivity contribution in [2.24, 2.45) is 0 Å². The van der Waals surface area contributed by atoms with Crippen LogP contribution in [0.4, 0.5) is 4.79 Å². The van der Waals surface area contributed by atoms with Gasteiger partial charge in [-0.25, -0.2) is 9.59 Å². The van der Waals surface area contributed by atoms with E-state index in [0.717, 1.165) is 17.5 Å². The maximum atomic E-state index is 12.5. The first-order valence-electron chi connectivity index (χ1n) is 9.53. The van der Waals surface area contributed by atoms with Crippen LogP contribution < -0.4 is 10.6 Å². The topological polar surface area (TPSA) is 93.7 Å². The highest BCUT2D eigenvalue weighted by Gasteiger charge is 2.24. The second kappa shape index (κ2) is 12.2. The van der Waals surface area contributed by atoms with E-state index in [-0.39, 0.29) is 18.9 Å². The maximum Gasteiger partial charge on any atom is 0.408 e. The number of nitrogens with one attached hydrogen (secondary N) is 2. The van der Waals surface area contributed by atoms with Gasteiger partial charge < -0.3 is 20.1 Å². The van der Waals surface area contributed by atoms with Gasteiger partial charge in [-0.05, 0) is 17.5 Å². The van der Waals surface area contributed by atoms with Crippen molar-refractivity contribution in [3.63, 3.8) is 0 Å². The summed E-state index contributed by atoms with van der Waals surface area (Å²) in [6.45, 7) is 2.12. The molecule has 0 spiro atoms. The zero-order valence-electron chi connectivity index (χ0n) is 16.4. The number of carbonyl (C=O) groups is 3. The maximum absolute atomic E-state index is 12.5. The van der Waals surface area contributed by atoms with Crippen LogP contribution in [0.15, 0.2) is 60.7 Å². The first-order valence-corrected chi connectivity index (χ1v) is 9.53. The Morgan fingerprint density at radius 3 is 2.14 bits per heavy atom. The number of hydrogen-bond donors (Lipinski definition) is 2. The van der Waals surface area contributed by atoms with Gasteiger partial charge in [0, 0.05) is 13.0 Å². The second-order valence-electron chi connectivity index (χ2n) is 6.41. The van der Waals surface area contributed by atoms with Crippen molar-refractivity contribution in [2.75, 3.05) is 13.2 Å². The van der Waals surface area contributed by atoms with Gasteiger partial charge in [-0.15, -0.1) is 0 Å². The summed E-state index contributed by atoms with van der Waals surface area (Å²) >= 11 is 0. The highest BCUT2D eigenvalue weighted by Crippen LogP contribution is 2.06. The van der Waals surface area contributed by atoms with Gasteiger partial charge in [-0.1, -0.05) is 67.6 Å². The predicted molar refractivity (Wildman–Crippen MR) is 108 cm³/mol.